The van der Waals surface area contributed by atoms with Crippen molar-refractivity contribution in [3.63, 3.8) is 0 Å². The van der Waals surface area contributed by atoms with Crippen LogP contribution in [0.3, 0.4) is 0 Å². The summed E-state index contributed by atoms with van der Waals surface area (Å²) < 4.78 is 10.9. The molecule has 5 atom stereocenters. The van der Waals surface area contributed by atoms with E-state index < -0.39 is 37.3 Å². The van der Waals surface area contributed by atoms with E-state index in [0.29, 0.717) is 5.75 Å². The fourth-order valence-electron chi connectivity index (χ4n) is 2.84. The molecule has 28 heavy (non-hydrogen) atoms. The molecular weight excluding hydrogens is 384 g/mol. The Morgan fingerprint density at radius 3 is 1.96 bits per heavy atom. The molecular formula is C20H24O7S. The van der Waals surface area contributed by atoms with Crippen LogP contribution in [-0.2, 0) is 16.2 Å². The van der Waals surface area contributed by atoms with Crippen molar-refractivity contribution < 1.29 is 35.0 Å². The molecule has 0 aliphatic carbocycles. The van der Waals surface area contributed by atoms with E-state index in [1.54, 1.807) is 36.0 Å². The van der Waals surface area contributed by atoms with E-state index in [4.69, 9.17) is 9.47 Å². The van der Waals surface area contributed by atoms with Crippen LogP contribution in [0.1, 0.15) is 11.1 Å². The minimum atomic E-state index is -1.47. The summed E-state index contributed by atoms with van der Waals surface area (Å²) in [6, 6.07) is 14.4. The van der Waals surface area contributed by atoms with Gasteiger partial charge in [-0.15, -0.1) is 0 Å². The van der Waals surface area contributed by atoms with Gasteiger partial charge in [0.05, 0.1) is 6.61 Å². The van der Waals surface area contributed by atoms with E-state index in [2.05, 4.69) is 0 Å². The van der Waals surface area contributed by atoms with Crippen molar-refractivity contribution >= 4 is 11.8 Å². The minimum Gasteiger partial charge on any atom is -0.508 e. The molecule has 0 aromatic heterocycles. The van der Waals surface area contributed by atoms with Crippen LogP contribution < -0.4 is 4.74 Å². The third-order valence-corrected chi connectivity index (χ3v) is 5.57. The molecule has 1 aliphatic rings. The van der Waals surface area contributed by atoms with Crippen molar-refractivity contribution in [3.8, 4) is 11.5 Å². The first kappa shape index (κ1) is 20.9. The number of ether oxygens (including phenoxy) is 2. The molecule has 1 saturated heterocycles. The fourth-order valence-corrected chi connectivity index (χ4v) is 3.80. The van der Waals surface area contributed by atoms with Gasteiger partial charge in [-0.05, 0) is 35.4 Å². The third kappa shape index (κ3) is 5.16. The van der Waals surface area contributed by atoms with Crippen LogP contribution in [0.15, 0.2) is 48.5 Å². The van der Waals surface area contributed by atoms with Crippen LogP contribution in [0.5, 0.6) is 11.5 Å². The van der Waals surface area contributed by atoms with E-state index in [-0.39, 0.29) is 5.75 Å². The van der Waals surface area contributed by atoms with Crippen molar-refractivity contribution in [2.45, 2.75) is 42.2 Å². The Bertz CT molecular complexity index is 735. The molecule has 5 N–H and O–H groups in total. The zero-order valence-corrected chi connectivity index (χ0v) is 15.9. The lowest BCUT2D eigenvalue weighted by atomic mass is 9.99. The van der Waals surface area contributed by atoms with Crippen LogP contribution in [0.2, 0.25) is 0 Å². The second kappa shape index (κ2) is 9.60. The van der Waals surface area contributed by atoms with Gasteiger partial charge in [-0.3, -0.25) is 0 Å². The second-order valence-electron chi connectivity index (χ2n) is 6.62. The summed E-state index contributed by atoms with van der Waals surface area (Å²) in [5, 5.41) is 48.1. The lowest BCUT2D eigenvalue weighted by Crippen LogP contribution is -2.60. The molecule has 2 aromatic rings. The van der Waals surface area contributed by atoms with Gasteiger partial charge in [0.25, 0.3) is 0 Å². The van der Waals surface area contributed by atoms with Crippen LogP contribution in [-0.4, -0.2) is 62.8 Å². The van der Waals surface area contributed by atoms with Crippen LogP contribution >= 0.6 is 11.8 Å². The number of aliphatic hydroxyl groups is 4. The molecule has 0 radical (unpaired) electrons. The first-order valence-corrected chi connectivity index (χ1v) is 10.0. The second-order valence-corrected chi connectivity index (χ2v) is 7.60. The molecule has 8 heteroatoms. The zero-order valence-electron chi connectivity index (χ0n) is 15.1. The molecule has 0 spiro atoms. The molecule has 1 aliphatic heterocycles. The summed E-state index contributed by atoms with van der Waals surface area (Å²) >= 11 is 1.74. The van der Waals surface area contributed by atoms with Gasteiger partial charge in [0, 0.05) is 11.5 Å². The number of aliphatic hydroxyl groups excluding tert-OH is 4. The van der Waals surface area contributed by atoms with Crippen LogP contribution in [0.25, 0.3) is 0 Å². The maximum atomic E-state index is 10.0. The fraction of sp³-hybridized carbons (Fsp3) is 0.400. The van der Waals surface area contributed by atoms with Gasteiger partial charge in [-0.1, -0.05) is 24.3 Å². The molecule has 1 fully saturated rings. The molecule has 3 rings (SSSR count). The van der Waals surface area contributed by atoms with Gasteiger partial charge < -0.3 is 35.0 Å². The Morgan fingerprint density at radius 2 is 1.39 bits per heavy atom. The summed E-state index contributed by atoms with van der Waals surface area (Å²) in [5.41, 5.74) is 2.22. The molecule has 0 saturated carbocycles. The number of aromatic hydroxyl groups is 1. The zero-order chi connectivity index (χ0) is 20.1. The first-order chi connectivity index (χ1) is 13.5. The smallest absolute Gasteiger partial charge is 0.229 e. The van der Waals surface area contributed by atoms with E-state index >= 15 is 0 Å². The standard InChI is InChI=1S/C20H24O7S/c21-9-16-17(23)18(24)19(25)20(27-16)26-15-7-3-13(4-8-15)11-28-10-12-1-5-14(22)6-2-12/h1-8,16-25H,9-11H2/t16-,17-,18+,19-,20-/m1/s1. The molecule has 152 valence electrons. The molecule has 7 nitrogen and oxygen atoms in total. The predicted octanol–water partition coefficient (Wildman–Crippen LogP) is 1.00. The number of phenols is 1. The van der Waals surface area contributed by atoms with Crippen molar-refractivity contribution in [3.05, 3.63) is 59.7 Å². The van der Waals surface area contributed by atoms with Gasteiger partial charge in [-0.2, -0.15) is 11.8 Å². The summed E-state index contributed by atoms with van der Waals surface area (Å²) in [4.78, 5) is 0. The quantitative estimate of drug-likeness (QED) is 0.460. The summed E-state index contributed by atoms with van der Waals surface area (Å²) in [7, 11) is 0. The Hall–Kier alpha value is -1.81. The summed E-state index contributed by atoms with van der Waals surface area (Å²) in [5.74, 6) is 2.31. The Kier molecular flexibility index (Phi) is 7.17. The van der Waals surface area contributed by atoms with E-state index in [9.17, 15) is 25.5 Å². The average Bonchev–Trinajstić information content (AvgIpc) is 2.71. The van der Waals surface area contributed by atoms with E-state index in [1.807, 2.05) is 24.3 Å². The molecule has 0 amide bonds. The van der Waals surface area contributed by atoms with Gasteiger partial charge >= 0.3 is 0 Å². The number of hydrogen-bond acceptors (Lipinski definition) is 8. The monoisotopic (exact) mass is 408 g/mol. The SMILES string of the molecule is OC[C@H]1O[C@@H](Oc2ccc(CSCc3ccc(O)cc3)cc2)[C@H](O)[C@@H](O)[C@@H]1O. The maximum absolute atomic E-state index is 10.0. The highest BCUT2D eigenvalue weighted by Crippen LogP contribution is 2.26. The maximum Gasteiger partial charge on any atom is 0.229 e. The number of hydrogen-bond donors (Lipinski definition) is 5. The average molecular weight is 408 g/mol. The Balaban J connectivity index is 1.51. The van der Waals surface area contributed by atoms with Gasteiger partial charge in [0.15, 0.2) is 0 Å². The highest BCUT2D eigenvalue weighted by Gasteiger charge is 2.44. The van der Waals surface area contributed by atoms with Crippen LogP contribution in [0, 0.1) is 0 Å². The normalized spacial score (nSPS) is 27.5. The summed E-state index contributed by atoms with van der Waals surface area (Å²) in [6.07, 6.45) is -6.50. The van der Waals surface area contributed by atoms with Crippen molar-refractivity contribution in [1.29, 1.82) is 0 Å². The molecule has 0 bridgehead atoms. The molecule has 0 unspecified atom stereocenters. The highest BCUT2D eigenvalue weighted by atomic mass is 32.2. The van der Waals surface area contributed by atoms with E-state index in [0.717, 1.165) is 22.6 Å². The van der Waals surface area contributed by atoms with Crippen molar-refractivity contribution in [2.24, 2.45) is 0 Å². The lowest BCUT2D eigenvalue weighted by Gasteiger charge is -2.39. The number of rotatable bonds is 7. The van der Waals surface area contributed by atoms with Gasteiger partial charge in [0.2, 0.25) is 6.29 Å². The highest BCUT2D eigenvalue weighted by molar-refractivity contribution is 7.97. The first-order valence-electron chi connectivity index (χ1n) is 8.89. The Labute approximate surface area is 167 Å². The van der Waals surface area contributed by atoms with Crippen LogP contribution in [0.4, 0.5) is 0 Å². The minimum absolute atomic E-state index is 0.253. The van der Waals surface area contributed by atoms with Gasteiger partial charge in [0.1, 0.15) is 35.9 Å². The van der Waals surface area contributed by atoms with Gasteiger partial charge in [-0.25, -0.2) is 0 Å². The van der Waals surface area contributed by atoms with Crippen molar-refractivity contribution in [2.75, 3.05) is 6.61 Å². The molecule has 2 aromatic carbocycles. The lowest BCUT2D eigenvalue weighted by molar-refractivity contribution is -0.277. The number of phenolic OH excluding ortho intramolecular Hbond substituents is 1. The third-order valence-electron chi connectivity index (χ3n) is 4.50. The summed E-state index contributed by atoms with van der Waals surface area (Å²) in [6.45, 7) is -0.498. The topological polar surface area (TPSA) is 120 Å². The predicted molar refractivity (Wildman–Crippen MR) is 104 cm³/mol. The molecule has 1 heterocycles. The largest absolute Gasteiger partial charge is 0.508 e. The van der Waals surface area contributed by atoms with Crippen molar-refractivity contribution in [1.82, 2.24) is 0 Å². The Morgan fingerprint density at radius 1 is 0.821 bits per heavy atom. The number of thioether (sulfide) groups is 1. The number of benzene rings is 2. The van der Waals surface area contributed by atoms with E-state index in [1.165, 1.54) is 0 Å².